The Bertz CT molecular complexity index is 433. The Labute approximate surface area is 111 Å². The molecule has 3 fully saturated rings. The van der Waals surface area contributed by atoms with Gasteiger partial charge in [0.05, 0.1) is 18.1 Å². The summed E-state index contributed by atoms with van der Waals surface area (Å²) in [7, 11) is 0. The number of likely N-dealkylation sites (tertiary alicyclic amines) is 1. The molecule has 3 amide bonds. The number of amides is 3. The van der Waals surface area contributed by atoms with Crippen LogP contribution in [0, 0.1) is 5.41 Å². The summed E-state index contributed by atoms with van der Waals surface area (Å²) in [5.74, 6) is 0. The average Bonchev–Trinajstić information content (AvgIpc) is 2.64. The number of hydrogen-bond acceptors (Lipinski definition) is 5. The van der Waals surface area contributed by atoms with Crippen LogP contribution < -0.4 is 10.6 Å². The molecule has 0 aromatic carbocycles. The highest BCUT2D eigenvalue weighted by molar-refractivity contribution is 5.92. The number of alkyl carbamates (subject to hydrolysis) is 1. The van der Waals surface area contributed by atoms with E-state index in [1.165, 1.54) is 0 Å². The molecule has 3 unspecified atom stereocenters. The van der Waals surface area contributed by atoms with Crippen molar-refractivity contribution < 1.29 is 19.1 Å². The van der Waals surface area contributed by atoms with Crippen LogP contribution in [-0.2, 0) is 9.47 Å². The zero-order valence-electron chi connectivity index (χ0n) is 11.4. The fraction of sp³-hybridized carbons (Fsp3) is 0.833. The van der Waals surface area contributed by atoms with Crippen molar-refractivity contribution in [1.29, 1.82) is 0 Å². The Hall–Kier alpha value is -1.34. The van der Waals surface area contributed by atoms with Crippen LogP contribution in [0.4, 0.5) is 9.59 Å². The van der Waals surface area contributed by atoms with Crippen LogP contribution in [0.25, 0.3) is 0 Å². The summed E-state index contributed by atoms with van der Waals surface area (Å²) in [5.41, 5.74) is -0.545. The zero-order chi connectivity index (χ0) is 13.8. The van der Waals surface area contributed by atoms with Crippen molar-refractivity contribution in [2.45, 2.75) is 38.6 Å². The first kappa shape index (κ1) is 12.7. The molecule has 0 aliphatic carbocycles. The van der Waals surface area contributed by atoms with Crippen molar-refractivity contribution in [3.05, 3.63) is 0 Å². The van der Waals surface area contributed by atoms with Crippen molar-refractivity contribution in [1.82, 2.24) is 15.5 Å². The molecule has 0 bridgehead atoms. The third kappa shape index (κ3) is 1.80. The van der Waals surface area contributed by atoms with Gasteiger partial charge in [0.15, 0.2) is 0 Å². The molecule has 106 valence electrons. The normalized spacial score (nSPS) is 35.6. The van der Waals surface area contributed by atoms with E-state index in [0.29, 0.717) is 6.61 Å². The topological polar surface area (TPSA) is 79.9 Å². The Morgan fingerprint density at radius 1 is 1.47 bits per heavy atom. The molecular weight excluding hydrogens is 250 g/mol. The van der Waals surface area contributed by atoms with Crippen molar-refractivity contribution in [3.8, 4) is 0 Å². The molecule has 0 aromatic heterocycles. The van der Waals surface area contributed by atoms with Gasteiger partial charge in [0.2, 0.25) is 0 Å². The molecule has 3 atom stereocenters. The van der Waals surface area contributed by atoms with Crippen molar-refractivity contribution in [3.63, 3.8) is 0 Å². The Balaban J connectivity index is 1.59. The Kier molecular flexibility index (Phi) is 2.56. The van der Waals surface area contributed by atoms with Gasteiger partial charge in [-0.25, -0.2) is 14.9 Å². The summed E-state index contributed by atoms with van der Waals surface area (Å²) < 4.78 is 10.5. The largest absolute Gasteiger partial charge is 0.443 e. The summed E-state index contributed by atoms with van der Waals surface area (Å²) in [6.45, 7) is 7.57. The molecule has 3 aliphatic heterocycles. The number of ether oxygens (including phenoxy) is 2. The van der Waals surface area contributed by atoms with Gasteiger partial charge in [-0.15, -0.1) is 0 Å². The third-order valence-electron chi connectivity index (χ3n) is 3.89. The first-order valence-electron chi connectivity index (χ1n) is 6.48. The summed E-state index contributed by atoms with van der Waals surface area (Å²) in [6, 6.07) is -0.322. The maximum absolute atomic E-state index is 12.1. The Morgan fingerprint density at radius 3 is 2.79 bits per heavy atom. The van der Waals surface area contributed by atoms with E-state index in [1.54, 1.807) is 25.7 Å². The van der Waals surface area contributed by atoms with Gasteiger partial charge in [0.1, 0.15) is 11.8 Å². The molecule has 1 spiro atoms. The number of rotatable bonds is 0. The molecule has 3 rings (SSSR count). The molecule has 0 aromatic rings. The van der Waals surface area contributed by atoms with E-state index < -0.39 is 17.7 Å². The highest BCUT2D eigenvalue weighted by Gasteiger charge is 2.71. The van der Waals surface area contributed by atoms with Gasteiger partial charge >= 0.3 is 12.1 Å². The quantitative estimate of drug-likeness (QED) is 0.659. The molecule has 7 heteroatoms. The average molecular weight is 269 g/mol. The third-order valence-corrected chi connectivity index (χ3v) is 3.89. The first-order valence-corrected chi connectivity index (χ1v) is 6.48. The minimum absolute atomic E-state index is 0.0747. The van der Waals surface area contributed by atoms with Crippen molar-refractivity contribution >= 4 is 12.1 Å². The summed E-state index contributed by atoms with van der Waals surface area (Å²) in [6.07, 6.45) is -0.921. The van der Waals surface area contributed by atoms with Gasteiger partial charge in [0.25, 0.3) is 0 Å². The highest BCUT2D eigenvalue weighted by Crippen LogP contribution is 2.53. The molecule has 3 saturated heterocycles. The van der Waals surface area contributed by atoms with Gasteiger partial charge in [-0.1, -0.05) is 0 Å². The second-order valence-corrected chi connectivity index (χ2v) is 6.38. The van der Waals surface area contributed by atoms with Crippen LogP contribution >= 0.6 is 0 Å². The van der Waals surface area contributed by atoms with Crippen LogP contribution in [0.2, 0.25) is 0 Å². The molecule has 3 heterocycles. The minimum atomic E-state index is -0.722. The van der Waals surface area contributed by atoms with Crippen LogP contribution in [-0.4, -0.2) is 54.6 Å². The lowest BCUT2D eigenvalue weighted by molar-refractivity contribution is -0.328. The van der Waals surface area contributed by atoms with Crippen LogP contribution in [0.3, 0.4) is 0 Å². The lowest BCUT2D eigenvalue weighted by Gasteiger charge is -2.65. The van der Waals surface area contributed by atoms with Crippen LogP contribution in [0.5, 0.6) is 0 Å². The van der Waals surface area contributed by atoms with Gasteiger partial charge in [0, 0.05) is 13.1 Å². The van der Waals surface area contributed by atoms with Crippen molar-refractivity contribution in [2.75, 3.05) is 19.7 Å². The second-order valence-electron chi connectivity index (χ2n) is 6.38. The van der Waals surface area contributed by atoms with E-state index in [2.05, 4.69) is 10.6 Å². The summed E-state index contributed by atoms with van der Waals surface area (Å²) >= 11 is 0. The number of urea groups is 1. The molecular formula is C12H19N3O4. The summed E-state index contributed by atoms with van der Waals surface area (Å²) in [4.78, 5) is 25.2. The van der Waals surface area contributed by atoms with E-state index in [9.17, 15) is 9.59 Å². The number of hydrogen-bond donors (Lipinski definition) is 2. The molecule has 2 N–H and O–H groups in total. The SMILES string of the molecule is CC(C)(C)OC(=O)NC(=O)N1C2CNCC23COC13. The van der Waals surface area contributed by atoms with Crippen LogP contribution in [0.1, 0.15) is 20.8 Å². The van der Waals surface area contributed by atoms with Gasteiger partial charge in [-0.3, -0.25) is 4.90 Å². The van der Waals surface area contributed by atoms with E-state index >= 15 is 0 Å². The van der Waals surface area contributed by atoms with Gasteiger partial charge < -0.3 is 14.8 Å². The predicted molar refractivity (Wildman–Crippen MR) is 65.4 cm³/mol. The number of imide groups is 1. The predicted octanol–water partition coefficient (Wildman–Crippen LogP) is 0.261. The van der Waals surface area contributed by atoms with E-state index in [1.807, 2.05) is 0 Å². The monoisotopic (exact) mass is 269 g/mol. The van der Waals surface area contributed by atoms with Gasteiger partial charge in [-0.05, 0) is 20.8 Å². The standard InChI is InChI=1S/C12H19N3O4/c1-11(2,3)19-10(17)14-9(16)15-7-4-13-5-12(7)6-18-8(12)15/h7-8,13H,4-6H2,1-3H3,(H,14,16,17). The zero-order valence-corrected chi connectivity index (χ0v) is 11.4. The lowest BCUT2D eigenvalue weighted by atomic mass is 9.69. The smallest absolute Gasteiger partial charge is 0.415 e. The molecule has 0 saturated carbocycles. The maximum Gasteiger partial charge on any atom is 0.415 e. The number of nitrogens with zero attached hydrogens (tertiary/aromatic N) is 1. The highest BCUT2D eigenvalue weighted by atomic mass is 16.6. The summed E-state index contributed by atoms with van der Waals surface area (Å²) in [5, 5.41) is 5.52. The first-order chi connectivity index (χ1) is 8.83. The van der Waals surface area contributed by atoms with E-state index in [0.717, 1.165) is 13.1 Å². The fourth-order valence-electron chi connectivity index (χ4n) is 3.05. The second kappa shape index (κ2) is 3.83. The minimum Gasteiger partial charge on any atom is -0.443 e. The van der Waals surface area contributed by atoms with Crippen molar-refractivity contribution in [2.24, 2.45) is 5.41 Å². The Morgan fingerprint density at radius 2 is 2.21 bits per heavy atom. The van der Waals surface area contributed by atoms with Gasteiger partial charge in [-0.2, -0.15) is 0 Å². The molecule has 19 heavy (non-hydrogen) atoms. The maximum atomic E-state index is 12.1. The van der Waals surface area contributed by atoms with E-state index in [4.69, 9.17) is 9.47 Å². The molecule has 3 aliphatic rings. The molecule has 7 nitrogen and oxygen atoms in total. The lowest BCUT2D eigenvalue weighted by Crippen LogP contribution is -2.82. The van der Waals surface area contributed by atoms with E-state index in [-0.39, 0.29) is 17.7 Å². The van der Waals surface area contributed by atoms with Crippen LogP contribution in [0.15, 0.2) is 0 Å². The number of nitrogens with one attached hydrogen (secondary N) is 2. The number of carbonyl (C=O) groups excluding carboxylic acids is 2. The number of carbonyl (C=O) groups is 2. The molecule has 0 radical (unpaired) electrons. The fourth-order valence-corrected chi connectivity index (χ4v) is 3.05.